The summed E-state index contributed by atoms with van der Waals surface area (Å²) < 4.78 is 17.6. The highest BCUT2D eigenvalue weighted by Gasteiger charge is 2.32. The van der Waals surface area contributed by atoms with Crippen molar-refractivity contribution in [2.24, 2.45) is 5.73 Å². The molecule has 0 aliphatic carbocycles. The monoisotopic (exact) mass is 459 g/mol. The van der Waals surface area contributed by atoms with Gasteiger partial charge in [0.05, 0.1) is 23.2 Å². The number of rotatable bonds is 5. The van der Waals surface area contributed by atoms with Crippen molar-refractivity contribution in [2.45, 2.75) is 23.7 Å². The number of hydrogen-bond donors (Lipinski definition) is 1. The zero-order chi connectivity index (χ0) is 22.9. The maximum Gasteiger partial charge on any atom is 0.332 e. The van der Waals surface area contributed by atoms with Crippen LogP contribution in [0.2, 0.25) is 0 Å². The molecule has 0 spiro atoms. The van der Waals surface area contributed by atoms with Crippen LogP contribution >= 0.6 is 11.8 Å². The Labute approximate surface area is 194 Å². The quantitative estimate of drug-likeness (QED) is 0.454. The fourth-order valence-electron chi connectivity index (χ4n) is 4.28. The van der Waals surface area contributed by atoms with Crippen LogP contribution in [0.1, 0.15) is 23.2 Å². The topological polar surface area (TPSA) is 70.0 Å². The van der Waals surface area contributed by atoms with Crippen molar-refractivity contribution in [3.05, 3.63) is 123 Å². The fourth-order valence-corrected chi connectivity index (χ4v) is 5.62. The van der Waals surface area contributed by atoms with Crippen molar-refractivity contribution in [3.63, 3.8) is 0 Å². The van der Waals surface area contributed by atoms with Gasteiger partial charge < -0.3 is 5.73 Å². The lowest BCUT2D eigenvalue weighted by atomic mass is 10.1. The van der Waals surface area contributed by atoms with Gasteiger partial charge in [0.25, 0.3) is 5.56 Å². The number of nitrogens with zero attached hydrogens (tertiary/aromatic N) is 2. The van der Waals surface area contributed by atoms with Gasteiger partial charge in [-0.05, 0) is 17.2 Å². The van der Waals surface area contributed by atoms with E-state index in [1.165, 1.54) is 17.8 Å². The summed E-state index contributed by atoms with van der Waals surface area (Å²) in [4.78, 5) is 27.3. The predicted molar refractivity (Wildman–Crippen MR) is 129 cm³/mol. The van der Waals surface area contributed by atoms with Crippen LogP contribution in [0.25, 0.3) is 11.1 Å². The number of aromatic nitrogens is 2. The van der Waals surface area contributed by atoms with Crippen molar-refractivity contribution < 1.29 is 4.39 Å². The normalized spacial score (nSPS) is 15.9. The molecular weight excluding hydrogens is 437 g/mol. The average molecular weight is 460 g/mol. The summed E-state index contributed by atoms with van der Waals surface area (Å²) in [5.74, 6) is 0.0771. The molecule has 0 radical (unpaired) electrons. The smallest absolute Gasteiger partial charge is 0.322 e. The summed E-state index contributed by atoms with van der Waals surface area (Å²) in [5, 5.41) is 0.494. The van der Waals surface area contributed by atoms with Crippen molar-refractivity contribution in [3.8, 4) is 11.1 Å². The third-order valence-electron chi connectivity index (χ3n) is 5.95. The summed E-state index contributed by atoms with van der Waals surface area (Å²) in [6, 6.07) is 24.4. The van der Waals surface area contributed by atoms with E-state index in [0.717, 1.165) is 15.7 Å². The van der Waals surface area contributed by atoms with E-state index in [-0.39, 0.29) is 23.7 Å². The van der Waals surface area contributed by atoms with Gasteiger partial charge in [-0.15, -0.1) is 11.8 Å². The number of halogens is 1. The number of benzene rings is 3. The summed E-state index contributed by atoms with van der Waals surface area (Å²) >= 11 is 1.40. The van der Waals surface area contributed by atoms with E-state index in [0.29, 0.717) is 10.8 Å². The Morgan fingerprint density at radius 3 is 2.27 bits per heavy atom. The van der Waals surface area contributed by atoms with E-state index in [1.54, 1.807) is 22.8 Å². The molecule has 0 fully saturated rings. The summed E-state index contributed by atoms with van der Waals surface area (Å²) in [7, 11) is 0. The Kier molecular flexibility index (Phi) is 5.74. The van der Waals surface area contributed by atoms with Gasteiger partial charge in [-0.25, -0.2) is 9.18 Å². The molecule has 33 heavy (non-hydrogen) atoms. The molecule has 0 amide bonds. The lowest BCUT2D eigenvalue weighted by Gasteiger charge is -2.20. The Hall–Kier alpha value is -3.42. The van der Waals surface area contributed by atoms with Gasteiger partial charge >= 0.3 is 5.69 Å². The first-order valence-electron chi connectivity index (χ1n) is 10.7. The molecule has 2 unspecified atom stereocenters. The largest absolute Gasteiger partial charge is 0.332 e. The maximum absolute atomic E-state index is 14.8. The Morgan fingerprint density at radius 2 is 1.58 bits per heavy atom. The van der Waals surface area contributed by atoms with Crippen molar-refractivity contribution >= 4 is 11.8 Å². The molecule has 5 rings (SSSR count). The van der Waals surface area contributed by atoms with Gasteiger partial charge in [-0.3, -0.25) is 13.9 Å². The van der Waals surface area contributed by atoms with E-state index in [1.807, 2.05) is 60.7 Å². The minimum atomic E-state index is -0.562. The first-order chi connectivity index (χ1) is 16.1. The van der Waals surface area contributed by atoms with Gasteiger partial charge in [0.1, 0.15) is 5.82 Å². The van der Waals surface area contributed by atoms with Crippen LogP contribution in [0.15, 0.2) is 99.5 Å². The van der Waals surface area contributed by atoms with Crippen LogP contribution in [-0.2, 0) is 6.54 Å². The highest BCUT2D eigenvalue weighted by atomic mass is 32.2. The molecule has 3 aromatic carbocycles. The zero-order valence-electron chi connectivity index (χ0n) is 17.7. The molecule has 2 heterocycles. The van der Waals surface area contributed by atoms with Gasteiger partial charge in [-0.2, -0.15) is 0 Å². The van der Waals surface area contributed by atoms with Crippen LogP contribution in [-0.4, -0.2) is 14.9 Å². The average Bonchev–Trinajstić information content (AvgIpc) is 3.29. The first-order valence-corrected chi connectivity index (χ1v) is 11.7. The van der Waals surface area contributed by atoms with Crippen LogP contribution in [0, 0.1) is 5.82 Å². The Balaban J connectivity index is 1.73. The number of hydrogen-bond acceptors (Lipinski definition) is 4. The number of fused-ring (bicyclic) bond motifs is 1. The second kappa shape index (κ2) is 8.84. The number of thioether (sulfide) groups is 1. The molecule has 0 saturated heterocycles. The molecule has 1 aliphatic rings. The molecule has 4 aromatic rings. The van der Waals surface area contributed by atoms with Gasteiger partial charge in [-0.1, -0.05) is 78.9 Å². The van der Waals surface area contributed by atoms with Crippen LogP contribution < -0.4 is 17.0 Å². The third kappa shape index (κ3) is 3.83. The Morgan fingerprint density at radius 1 is 0.939 bits per heavy atom. The number of nitrogens with two attached hydrogens (primary N) is 1. The Bertz CT molecular complexity index is 1420. The van der Waals surface area contributed by atoms with E-state index < -0.39 is 23.1 Å². The highest BCUT2D eigenvalue weighted by Crippen LogP contribution is 2.40. The lowest BCUT2D eigenvalue weighted by Crippen LogP contribution is -2.44. The van der Waals surface area contributed by atoms with Crippen LogP contribution in [0.3, 0.4) is 0 Å². The maximum atomic E-state index is 14.8. The van der Waals surface area contributed by atoms with Gasteiger partial charge in [0.2, 0.25) is 0 Å². The van der Waals surface area contributed by atoms with Crippen molar-refractivity contribution in [1.82, 2.24) is 9.13 Å². The van der Waals surface area contributed by atoms with E-state index in [9.17, 15) is 14.0 Å². The zero-order valence-corrected chi connectivity index (χ0v) is 18.5. The third-order valence-corrected chi connectivity index (χ3v) is 7.11. The summed E-state index contributed by atoms with van der Waals surface area (Å²) in [6.45, 7) is -0.00438. The molecule has 7 heteroatoms. The molecule has 166 valence electrons. The summed E-state index contributed by atoms with van der Waals surface area (Å²) in [6.07, 6.45) is 0. The van der Waals surface area contributed by atoms with Crippen LogP contribution in [0.5, 0.6) is 0 Å². The molecule has 2 N–H and O–H groups in total. The second-order valence-corrected chi connectivity index (χ2v) is 8.99. The highest BCUT2D eigenvalue weighted by molar-refractivity contribution is 7.99. The molecule has 0 saturated carbocycles. The van der Waals surface area contributed by atoms with E-state index >= 15 is 0 Å². The molecule has 1 aliphatic heterocycles. The lowest BCUT2D eigenvalue weighted by molar-refractivity contribution is 0.477. The SMILES string of the molecule is NC(Cn1c(=O)c(-c2ccccc2F)c2n(c1=O)C(c1ccccc1)CS2)c1ccccc1. The molecule has 0 bridgehead atoms. The van der Waals surface area contributed by atoms with Crippen molar-refractivity contribution in [1.29, 1.82) is 0 Å². The van der Waals surface area contributed by atoms with Crippen molar-refractivity contribution in [2.75, 3.05) is 5.75 Å². The minimum Gasteiger partial charge on any atom is -0.322 e. The standard InChI is InChI=1S/C26H22FN3O2S/c27-20-14-8-7-13-19(20)23-24(31)29(15-21(28)17-9-3-1-4-10-17)26(32)30-22(16-33-25(23)30)18-11-5-2-6-12-18/h1-14,21-22H,15-16,28H2. The molecular formula is C26H22FN3O2S. The van der Waals surface area contributed by atoms with Gasteiger partial charge in [0, 0.05) is 17.4 Å². The van der Waals surface area contributed by atoms with Gasteiger partial charge in [0.15, 0.2) is 0 Å². The second-order valence-electron chi connectivity index (χ2n) is 7.98. The fraction of sp³-hybridized carbons (Fsp3) is 0.154. The van der Waals surface area contributed by atoms with E-state index in [4.69, 9.17) is 5.73 Å². The summed E-state index contributed by atoms with van der Waals surface area (Å²) in [5.41, 5.74) is 7.60. The molecule has 2 atom stereocenters. The first kappa shape index (κ1) is 21.4. The predicted octanol–water partition coefficient (Wildman–Crippen LogP) is 4.21. The van der Waals surface area contributed by atoms with E-state index in [2.05, 4.69) is 0 Å². The molecule has 1 aromatic heterocycles. The minimum absolute atomic E-state index is 0.00438. The van der Waals surface area contributed by atoms with Crippen LogP contribution in [0.4, 0.5) is 4.39 Å². The molecule has 5 nitrogen and oxygen atoms in total.